The van der Waals surface area contributed by atoms with Crippen LogP contribution in [0.3, 0.4) is 0 Å². The van der Waals surface area contributed by atoms with E-state index in [0.29, 0.717) is 19.4 Å². The van der Waals surface area contributed by atoms with Gasteiger partial charge in [0.15, 0.2) is 0 Å². The Morgan fingerprint density at radius 3 is 2.72 bits per heavy atom. The van der Waals surface area contributed by atoms with Crippen molar-refractivity contribution < 1.29 is 9.59 Å². The maximum atomic E-state index is 12.0. The molecule has 0 saturated carbocycles. The van der Waals surface area contributed by atoms with Crippen molar-refractivity contribution in [3.05, 3.63) is 51.2 Å². The molecule has 0 saturated heterocycles. The number of benzene rings is 1. The largest absolute Gasteiger partial charge is 0.352 e. The summed E-state index contributed by atoms with van der Waals surface area (Å²) in [4.78, 5) is 25.0. The lowest BCUT2D eigenvalue weighted by Gasteiger charge is -2.11. The highest BCUT2D eigenvalue weighted by Crippen LogP contribution is 2.22. The van der Waals surface area contributed by atoms with Crippen molar-refractivity contribution in [3.8, 4) is 0 Å². The van der Waals surface area contributed by atoms with Crippen molar-refractivity contribution in [2.24, 2.45) is 5.92 Å². The van der Waals surface area contributed by atoms with E-state index in [1.54, 1.807) is 0 Å². The van der Waals surface area contributed by atoms with Crippen molar-refractivity contribution in [1.29, 1.82) is 0 Å². The van der Waals surface area contributed by atoms with E-state index in [4.69, 9.17) is 11.6 Å². The zero-order valence-corrected chi connectivity index (χ0v) is 16.0. The van der Waals surface area contributed by atoms with Crippen LogP contribution in [0.1, 0.15) is 37.1 Å². The molecule has 0 aliphatic heterocycles. The van der Waals surface area contributed by atoms with Crippen molar-refractivity contribution in [3.63, 3.8) is 0 Å². The molecule has 2 aromatic rings. The van der Waals surface area contributed by atoms with Gasteiger partial charge in [-0.15, -0.1) is 11.3 Å². The fourth-order valence-corrected chi connectivity index (χ4v) is 3.31. The molecule has 1 aromatic carbocycles. The molecule has 0 bridgehead atoms. The van der Waals surface area contributed by atoms with Gasteiger partial charge in [-0.1, -0.05) is 37.6 Å². The zero-order valence-electron chi connectivity index (χ0n) is 14.5. The molecule has 1 unspecified atom stereocenters. The van der Waals surface area contributed by atoms with Crippen molar-refractivity contribution in [1.82, 2.24) is 5.32 Å². The molecule has 134 valence electrons. The number of anilines is 1. The van der Waals surface area contributed by atoms with Crippen LogP contribution in [0.25, 0.3) is 0 Å². The maximum absolute atomic E-state index is 12.0. The van der Waals surface area contributed by atoms with Gasteiger partial charge in [-0.2, -0.15) is 0 Å². The average molecular weight is 379 g/mol. The molecule has 1 atom stereocenters. The molecule has 0 fully saturated rings. The molecule has 0 aliphatic carbocycles. The summed E-state index contributed by atoms with van der Waals surface area (Å²) in [6.45, 7) is 4.33. The highest BCUT2D eigenvalue weighted by atomic mass is 35.5. The summed E-state index contributed by atoms with van der Waals surface area (Å²) in [5, 5.41) is 5.82. The van der Waals surface area contributed by atoms with Crippen LogP contribution in [-0.2, 0) is 22.6 Å². The van der Waals surface area contributed by atoms with Crippen LogP contribution >= 0.6 is 22.9 Å². The van der Waals surface area contributed by atoms with E-state index in [9.17, 15) is 9.59 Å². The van der Waals surface area contributed by atoms with Gasteiger partial charge in [-0.05, 0) is 42.7 Å². The standard InChI is InChI=1S/C19H23ClN2O2S/c1-3-13(2)19(24)22-15-6-4-5-14(11-15)12-21-18(23)10-8-16-7-9-17(20)25-16/h4-7,9,11,13H,3,8,10,12H2,1-2H3,(H,21,23)(H,22,24). The number of carbonyl (C=O) groups excluding carboxylic acids is 2. The number of nitrogens with one attached hydrogen (secondary N) is 2. The number of hydrogen-bond acceptors (Lipinski definition) is 3. The monoisotopic (exact) mass is 378 g/mol. The van der Waals surface area contributed by atoms with Gasteiger partial charge in [0.05, 0.1) is 4.34 Å². The number of thiophene rings is 1. The topological polar surface area (TPSA) is 58.2 Å². The van der Waals surface area contributed by atoms with E-state index in [1.807, 2.05) is 50.2 Å². The quantitative estimate of drug-likeness (QED) is 0.703. The SMILES string of the molecule is CCC(C)C(=O)Nc1cccc(CNC(=O)CCc2ccc(Cl)s2)c1. The first kappa shape index (κ1) is 19.5. The minimum Gasteiger partial charge on any atom is -0.352 e. The van der Waals surface area contributed by atoms with Crippen molar-refractivity contribution >= 4 is 40.4 Å². The molecule has 4 nitrogen and oxygen atoms in total. The Labute approximate surface area is 157 Å². The van der Waals surface area contributed by atoms with Gasteiger partial charge in [0.2, 0.25) is 11.8 Å². The molecule has 0 aliphatic rings. The Morgan fingerprint density at radius 1 is 1.24 bits per heavy atom. The lowest BCUT2D eigenvalue weighted by molar-refractivity contribution is -0.121. The summed E-state index contributed by atoms with van der Waals surface area (Å²) < 4.78 is 0.742. The van der Waals surface area contributed by atoms with Gasteiger partial charge in [-0.25, -0.2) is 0 Å². The van der Waals surface area contributed by atoms with Gasteiger partial charge in [0.1, 0.15) is 0 Å². The average Bonchev–Trinajstić information content (AvgIpc) is 3.03. The van der Waals surface area contributed by atoms with Crippen LogP contribution in [0.4, 0.5) is 5.69 Å². The highest BCUT2D eigenvalue weighted by Gasteiger charge is 2.10. The molecular weight excluding hydrogens is 356 g/mol. The highest BCUT2D eigenvalue weighted by molar-refractivity contribution is 7.16. The Bertz CT molecular complexity index is 730. The van der Waals surface area contributed by atoms with E-state index < -0.39 is 0 Å². The lowest BCUT2D eigenvalue weighted by Crippen LogP contribution is -2.23. The molecule has 0 radical (unpaired) electrons. The molecule has 1 aromatic heterocycles. The summed E-state index contributed by atoms with van der Waals surface area (Å²) >= 11 is 7.39. The van der Waals surface area contributed by atoms with Crippen molar-refractivity contribution in [2.75, 3.05) is 5.32 Å². The number of rotatable bonds is 8. The van der Waals surface area contributed by atoms with Crippen LogP contribution in [0.5, 0.6) is 0 Å². The van der Waals surface area contributed by atoms with E-state index in [0.717, 1.165) is 26.9 Å². The first-order valence-electron chi connectivity index (χ1n) is 8.38. The first-order chi connectivity index (χ1) is 12.0. The lowest BCUT2D eigenvalue weighted by atomic mass is 10.1. The third kappa shape index (κ3) is 6.52. The Kier molecular flexibility index (Phi) is 7.47. The van der Waals surface area contributed by atoms with Crippen LogP contribution in [0.2, 0.25) is 4.34 Å². The van der Waals surface area contributed by atoms with E-state index >= 15 is 0 Å². The summed E-state index contributed by atoms with van der Waals surface area (Å²) in [6, 6.07) is 11.3. The number of amides is 2. The zero-order chi connectivity index (χ0) is 18.2. The predicted octanol–water partition coefficient (Wildman–Crippen LogP) is 4.64. The molecule has 0 spiro atoms. The minimum absolute atomic E-state index is 0.00133. The maximum Gasteiger partial charge on any atom is 0.227 e. The molecule has 6 heteroatoms. The molecule has 2 amide bonds. The summed E-state index contributed by atoms with van der Waals surface area (Å²) in [5.74, 6) is -0.00836. The van der Waals surface area contributed by atoms with E-state index in [-0.39, 0.29) is 17.7 Å². The van der Waals surface area contributed by atoms with Crippen LogP contribution in [0.15, 0.2) is 36.4 Å². The van der Waals surface area contributed by atoms with Gasteiger partial charge < -0.3 is 10.6 Å². The third-order valence-electron chi connectivity index (χ3n) is 3.97. The fourth-order valence-electron chi connectivity index (χ4n) is 2.22. The number of hydrogen-bond donors (Lipinski definition) is 2. The smallest absolute Gasteiger partial charge is 0.227 e. The Hall–Kier alpha value is -1.85. The molecule has 2 N–H and O–H groups in total. The minimum atomic E-state index is -0.0193. The van der Waals surface area contributed by atoms with Gasteiger partial charge in [0.25, 0.3) is 0 Å². The van der Waals surface area contributed by atoms with E-state index in [2.05, 4.69) is 10.6 Å². The third-order valence-corrected chi connectivity index (χ3v) is 5.26. The predicted molar refractivity (Wildman–Crippen MR) is 104 cm³/mol. The summed E-state index contributed by atoms with van der Waals surface area (Å²) in [6.07, 6.45) is 1.92. The normalized spacial score (nSPS) is 11.8. The van der Waals surface area contributed by atoms with Crippen LogP contribution in [0, 0.1) is 5.92 Å². The first-order valence-corrected chi connectivity index (χ1v) is 9.58. The van der Waals surface area contributed by atoms with Gasteiger partial charge in [0, 0.05) is 29.4 Å². The second kappa shape index (κ2) is 9.59. The Morgan fingerprint density at radius 2 is 2.04 bits per heavy atom. The van der Waals surface area contributed by atoms with E-state index in [1.165, 1.54) is 11.3 Å². The molecular formula is C19H23ClN2O2S. The number of carbonyl (C=O) groups is 2. The molecule has 2 rings (SSSR count). The van der Waals surface area contributed by atoms with Crippen LogP contribution < -0.4 is 10.6 Å². The number of halogens is 1. The molecule has 25 heavy (non-hydrogen) atoms. The Balaban J connectivity index is 1.81. The fraction of sp³-hybridized carbons (Fsp3) is 0.368. The summed E-state index contributed by atoms with van der Waals surface area (Å²) in [7, 11) is 0. The molecule has 1 heterocycles. The van der Waals surface area contributed by atoms with Crippen LogP contribution in [-0.4, -0.2) is 11.8 Å². The number of aryl methyl sites for hydroxylation is 1. The van der Waals surface area contributed by atoms with Gasteiger partial charge >= 0.3 is 0 Å². The summed E-state index contributed by atoms with van der Waals surface area (Å²) in [5.41, 5.74) is 1.71. The second-order valence-corrected chi connectivity index (χ2v) is 7.78. The van der Waals surface area contributed by atoms with Crippen molar-refractivity contribution in [2.45, 2.75) is 39.7 Å². The van der Waals surface area contributed by atoms with Gasteiger partial charge in [-0.3, -0.25) is 9.59 Å². The second-order valence-electron chi connectivity index (χ2n) is 5.98.